The number of methoxy groups -OCH3 is 1. The van der Waals surface area contributed by atoms with Gasteiger partial charge in [-0.2, -0.15) is 0 Å². The first-order valence-corrected chi connectivity index (χ1v) is 7.83. The summed E-state index contributed by atoms with van der Waals surface area (Å²) in [5.41, 5.74) is 3.46. The molecule has 0 saturated heterocycles. The number of carbonyl (C=O) groups is 2. The number of amides is 1. The summed E-state index contributed by atoms with van der Waals surface area (Å²) in [6, 6.07) is 15.1. The normalized spacial score (nSPS) is 11.6. The first kappa shape index (κ1) is 17.7. The summed E-state index contributed by atoms with van der Waals surface area (Å²) < 4.78 is 4.75. The molecule has 2 aromatic rings. The highest BCUT2D eigenvalue weighted by Crippen LogP contribution is 2.06. The van der Waals surface area contributed by atoms with Gasteiger partial charge in [-0.3, -0.25) is 4.79 Å². The Morgan fingerprint density at radius 1 is 1.00 bits per heavy atom. The summed E-state index contributed by atoms with van der Waals surface area (Å²) in [4.78, 5) is 24.4. The predicted octanol–water partition coefficient (Wildman–Crippen LogP) is 1.05. The van der Waals surface area contributed by atoms with E-state index in [1.54, 1.807) is 13.1 Å². The third-order valence-corrected chi connectivity index (χ3v) is 3.80. The van der Waals surface area contributed by atoms with Gasteiger partial charge < -0.3 is 15.0 Å². The molecule has 0 fully saturated rings. The number of hydrogen-bond acceptors (Lipinski definition) is 3. The minimum absolute atomic E-state index is 0.0816. The van der Waals surface area contributed by atoms with Crippen LogP contribution < -0.4 is 10.2 Å². The topological polar surface area (TPSA) is 59.8 Å². The van der Waals surface area contributed by atoms with Crippen molar-refractivity contribution in [2.45, 2.75) is 13.1 Å². The van der Waals surface area contributed by atoms with Crippen molar-refractivity contribution in [1.82, 2.24) is 5.32 Å². The molecule has 1 amide bonds. The second-order valence-corrected chi connectivity index (χ2v) is 5.78. The predicted molar refractivity (Wildman–Crippen MR) is 91.9 cm³/mol. The van der Waals surface area contributed by atoms with Gasteiger partial charge >= 0.3 is 5.97 Å². The van der Waals surface area contributed by atoms with Crippen LogP contribution in [-0.2, 0) is 17.8 Å². The Balaban J connectivity index is 1.99. The van der Waals surface area contributed by atoms with Crippen LogP contribution in [0.25, 0.3) is 0 Å². The van der Waals surface area contributed by atoms with Crippen LogP contribution in [0.1, 0.15) is 31.8 Å². The molecular formula is C19H23N2O3+. The fraction of sp³-hybridized carbons (Fsp3) is 0.263. The molecule has 5 nitrogen and oxygen atoms in total. The molecule has 0 aromatic heterocycles. The molecule has 1 unspecified atom stereocenters. The second kappa shape index (κ2) is 8.26. The standard InChI is InChI=1S/C19H22N2O3/c1-20-18(22)16-9-7-14(8-10-16)12-21(2)13-15-5-4-6-17(11-15)19(23)24-3/h4-11H,12-13H2,1-3H3,(H,20,22)/p+1. The quantitative estimate of drug-likeness (QED) is 0.780. The zero-order valence-corrected chi connectivity index (χ0v) is 14.3. The van der Waals surface area contributed by atoms with Crippen LogP contribution >= 0.6 is 0 Å². The molecular weight excluding hydrogens is 304 g/mol. The number of hydrogen-bond donors (Lipinski definition) is 2. The van der Waals surface area contributed by atoms with Crippen LogP contribution in [0.5, 0.6) is 0 Å². The van der Waals surface area contributed by atoms with Crippen molar-refractivity contribution in [2.24, 2.45) is 0 Å². The average Bonchev–Trinajstić information content (AvgIpc) is 2.61. The van der Waals surface area contributed by atoms with Crippen LogP contribution in [0.3, 0.4) is 0 Å². The fourth-order valence-corrected chi connectivity index (χ4v) is 2.60. The van der Waals surface area contributed by atoms with E-state index in [0.717, 1.165) is 24.2 Å². The van der Waals surface area contributed by atoms with Crippen molar-refractivity contribution in [2.75, 3.05) is 21.2 Å². The Kier molecular flexibility index (Phi) is 6.09. The van der Waals surface area contributed by atoms with E-state index in [2.05, 4.69) is 12.4 Å². The zero-order valence-electron chi connectivity index (χ0n) is 14.3. The van der Waals surface area contributed by atoms with Gasteiger partial charge in [0.1, 0.15) is 13.1 Å². The Labute approximate surface area is 142 Å². The molecule has 0 aliphatic heterocycles. The second-order valence-electron chi connectivity index (χ2n) is 5.78. The van der Waals surface area contributed by atoms with Gasteiger partial charge in [0.2, 0.25) is 0 Å². The first-order chi connectivity index (χ1) is 11.5. The first-order valence-electron chi connectivity index (χ1n) is 7.83. The Morgan fingerprint density at radius 3 is 2.29 bits per heavy atom. The van der Waals surface area contributed by atoms with Crippen molar-refractivity contribution in [3.05, 3.63) is 70.8 Å². The monoisotopic (exact) mass is 327 g/mol. The molecule has 0 spiro atoms. The summed E-state index contributed by atoms with van der Waals surface area (Å²) in [6.45, 7) is 1.62. The van der Waals surface area contributed by atoms with Crippen molar-refractivity contribution < 1.29 is 19.2 Å². The van der Waals surface area contributed by atoms with Gasteiger partial charge in [-0.1, -0.05) is 24.3 Å². The number of nitrogens with one attached hydrogen (secondary N) is 2. The number of ether oxygens (including phenoxy) is 1. The maximum absolute atomic E-state index is 11.6. The van der Waals surface area contributed by atoms with Crippen LogP contribution in [0.15, 0.2) is 48.5 Å². The summed E-state index contributed by atoms with van der Waals surface area (Å²) in [5.74, 6) is -0.402. The van der Waals surface area contributed by atoms with Crippen LogP contribution in [0.2, 0.25) is 0 Å². The summed E-state index contributed by atoms with van der Waals surface area (Å²) >= 11 is 0. The largest absolute Gasteiger partial charge is 0.465 e. The molecule has 0 radical (unpaired) electrons. The minimum Gasteiger partial charge on any atom is -0.465 e. The number of rotatable bonds is 6. The van der Waals surface area contributed by atoms with Gasteiger partial charge in [-0.25, -0.2) is 4.79 Å². The van der Waals surface area contributed by atoms with E-state index in [4.69, 9.17) is 4.74 Å². The maximum atomic E-state index is 11.6. The lowest BCUT2D eigenvalue weighted by atomic mass is 10.1. The SMILES string of the molecule is CNC(=O)c1ccc(C[NH+](C)Cc2cccc(C(=O)OC)c2)cc1. The third kappa shape index (κ3) is 4.67. The molecule has 0 saturated carbocycles. The number of benzene rings is 2. The lowest BCUT2D eigenvalue weighted by Gasteiger charge is -2.15. The molecule has 24 heavy (non-hydrogen) atoms. The van der Waals surface area contributed by atoms with E-state index in [9.17, 15) is 9.59 Å². The van der Waals surface area contributed by atoms with E-state index in [1.165, 1.54) is 12.0 Å². The maximum Gasteiger partial charge on any atom is 0.337 e. The Bertz CT molecular complexity index is 711. The van der Waals surface area contributed by atoms with Crippen LogP contribution in [-0.4, -0.2) is 33.1 Å². The van der Waals surface area contributed by atoms with Gasteiger partial charge in [0.05, 0.1) is 19.7 Å². The third-order valence-electron chi connectivity index (χ3n) is 3.80. The molecule has 5 heteroatoms. The zero-order chi connectivity index (χ0) is 17.5. The highest BCUT2D eigenvalue weighted by atomic mass is 16.5. The van der Waals surface area contributed by atoms with E-state index in [0.29, 0.717) is 11.1 Å². The van der Waals surface area contributed by atoms with E-state index < -0.39 is 0 Å². The van der Waals surface area contributed by atoms with Gasteiger partial charge in [0.25, 0.3) is 5.91 Å². The highest BCUT2D eigenvalue weighted by Gasteiger charge is 2.10. The number of carbonyl (C=O) groups excluding carboxylic acids is 2. The van der Waals surface area contributed by atoms with Crippen molar-refractivity contribution in [3.8, 4) is 0 Å². The summed E-state index contributed by atoms with van der Waals surface area (Å²) in [5, 5.41) is 2.61. The van der Waals surface area contributed by atoms with Crippen molar-refractivity contribution >= 4 is 11.9 Å². The van der Waals surface area contributed by atoms with Crippen LogP contribution in [0.4, 0.5) is 0 Å². The average molecular weight is 327 g/mol. The van der Waals surface area contributed by atoms with Crippen LogP contribution in [0, 0.1) is 0 Å². The van der Waals surface area contributed by atoms with Crippen molar-refractivity contribution in [3.63, 3.8) is 0 Å². The molecule has 0 heterocycles. The van der Waals surface area contributed by atoms with Gasteiger partial charge in [0.15, 0.2) is 0 Å². The van der Waals surface area contributed by atoms with E-state index in [-0.39, 0.29) is 11.9 Å². The fourth-order valence-electron chi connectivity index (χ4n) is 2.60. The molecule has 1 atom stereocenters. The highest BCUT2D eigenvalue weighted by molar-refractivity contribution is 5.93. The van der Waals surface area contributed by atoms with E-state index >= 15 is 0 Å². The molecule has 2 rings (SSSR count). The summed E-state index contributed by atoms with van der Waals surface area (Å²) in [6.07, 6.45) is 0. The van der Waals surface area contributed by atoms with Gasteiger partial charge in [-0.15, -0.1) is 0 Å². The molecule has 0 bridgehead atoms. The number of esters is 1. The molecule has 2 N–H and O–H groups in total. The molecule has 126 valence electrons. The van der Waals surface area contributed by atoms with E-state index in [1.807, 2.05) is 42.5 Å². The molecule has 0 aliphatic carbocycles. The Hall–Kier alpha value is -2.66. The number of quaternary nitrogens is 1. The lowest BCUT2D eigenvalue weighted by Crippen LogP contribution is -3.06. The van der Waals surface area contributed by atoms with Gasteiger partial charge in [0, 0.05) is 23.7 Å². The Morgan fingerprint density at radius 2 is 1.67 bits per heavy atom. The molecule has 0 aliphatic rings. The van der Waals surface area contributed by atoms with Crippen molar-refractivity contribution in [1.29, 1.82) is 0 Å². The summed E-state index contributed by atoms with van der Waals surface area (Å²) in [7, 11) is 5.10. The smallest absolute Gasteiger partial charge is 0.337 e. The minimum atomic E-state index is -0.320. The van der Waals surface area contributed by atoms with Gasteiger partial charge in [-0.05, 0) is 24.3 Å². The lowest BCUT2D eigenvalue weighted by molar-refractivity contribution is -0.907. The molecule has 2 aromatic carbocycles.